The van der Waals surface area contributed by atoms with E-state index < -0.39 is 5.82 Å². The number of rotatable bonds is 4. The van der Waals surface area contributed by atoms with Gasteiger partial charge in [-0.15, -0.1) is 0 Å². The number of aromatic nitrogens is 1. The molecule has 2 aromatic heterocycles. The maximum absolute atomic E-state index is 13.8. The number of pyridine rings is 1. The Morgan fingerprint density at radius 2 is 2.15 bits per heavy atom. The molecule has 0 N–H and O–H groups in total. The van der Waals surface area contributed by atoms with E-state index in [-0.39, 0.29) is 28.8 Å². The first-order valence-corrected chi connectivity index (χ1v) is 10.1. The summed E-state index contributed by atoms with van der Waals surface area (Å²) in [7, 11) is 0. The fraction of sp³-hybridized carbons (Fsp3) is 0.450. The summed E-state index contributed by atoms with van der Waals surface area (Å²) in [5.41, 5.74) is 1.35. The summed E-state index contributed by atoms with van der Waals surface area (Å²) in [6.07, 6.45) is 5.20. The molecule has 0 radical (unpaired) electrons. The normalized spacial score (nSPS) is 20.5. The van der Waals surface area contributed by atoms with Crippen LogP contribution in [0.15, 0.2) is 35.3 Å². The predicted molar refractivity (Wildman–Crippen MR) is 101 cm³/mol. The molecule has 5 nitrogen and oxygen atoms in total. The number of halogens is 1. The highest BCUT2D eigenvalue weighted by molar-refractivity contribution is 7.07. The van der Waals surface area contributed by atoms with E-state index in [1.807, 2.05) is 10.3 Å². The standard InChI is InChI=1S/C20H22FN3O2S/c1-14(25)24(12-15-3-9-27-13-15)18-10-20(18)4-7-23(8-5-20)19(26)16-2-6-22-11-17(16)21/h2-3,6,9,11,13,18H,4-5,7-8,10,12H2,1H3/t18-/m1/s1. The highest BCUT2D eigenvalue weighted by Crippen LogP contribution is 2.57. The van der Waals surface area contributed by atoms with Crippen molar-refractivity contribution in [3.63, 3.8) is 0 Å². The van der Waals surface area contributed by atoms with Crippen molar-refractivity contribution in [2.45, 2.75) is 38.8 Å². The number of carbonyl (C=O) groups excluding carboxylic acids is 2. The third-order valence-corrected chi connectivity index (χ3v) is 6.64. The quantitative estimate of drug-likeness (QED) is 0.809. The molecule has 1 aliphatic carbocycles. The number of thiophene rings is 1. The number of hydrogen-bond acceptors (Lipinski definition) is 4. The van der Waals surface area contributed by atoms with Gasteiger partial charge >= 0.3 is 0 Å². The molecule has 1 spiro atoms. The number of piperidine rings is 1. The van der Waals surface area contributed by atoms with Gasteiger partial charge in [0.25, 0.3) is 5.91 Å². The molecule has 0 bridgehead atoms. The molecule has 2 aromatic rings. The van der Waals surface area contributed by atoms with Gasteiger partial charge in [-0.05, 0) is 53.1 Å². The summed E-state index contributed by atoms with van der Waals surface area (Å²) >= 11 is 1.64. The third kappa shape index (κ3) is 3.48. The van der Waals surface area contributed by atoms with Crippen LogP contribution in [0.1, 0.15) is 42.1 Å². The highest BCUT2D eigenvalue weighted by atomic mass is 32.1. The fourth-order valence-corrected chi connectivity index (χ4v) is 4.86. The van der Waals surface area contributed by atoms with E-state index in [2.05, 4.69) is 16.4 Å². The average molecular weight is 387 g/mol. The number of nitrogens with zero attached hydrogens (tertiary/aromatic N) is 3. The lowest BCUT2D eigenvalue weighted by Crippen LogP contribution is -2.42. The summed E-state index contributed by atoms with van der Waals surface area (Å²) in [5, 5.41) is 4.11. The van der Waals surface area contributed by atoms with Gasteiger partial charge in [0.05, 0.1) is 11.8 Å². The topological polar surface area (TPSA) is 53.5 Å². The van der Waals surface area contributed by atoms with Crippen molar-refractivity contribution >= 4 is 23.2 Å². The molecule has 2 amide bonds. The predicted octanol–water partition coefficient (Wildman–Crippen LogP) is 3.33. The van der Waals surface area contributed by atoms with Gasteiger partial charge in [-0.2, -0.15) is 11.3 Å². The van der Waals surface area contributed by atoms with E-state index in [4.69, 9.17) is 0 Å². The van der Waals surface area contributed by atoms with Crippen LogP contribution < -0.4 is 0 Å². The van der Waals surface area contributed by atoms with Gasteiger partial charge in [0.15, 0.2) is 5.82 Å². The van der Waals surface area contributed by atoms with Crippen molar-refractivity contribution in [1.29, 1.82) is 0 Å². The summed E-state index contributed by atoms with van der Waals surface area (Å²) in [6, 6.07) is 3.73. The first-order valence-electron chi connectivity index (χ1n) is 9.17. The Morgan fingerprint density at radius 1 is 1.37 bits per heavy atom. The van der Waals surface area contributed by atoms with E-state index in [1.165, 1.54) is 12.3 Å². The largest absolute Gasteiger partial charge is 0.339 e. The molecular formula is C20H22FN3O2S. The van der Waals surface area contributed by atoms with Crippen molar-refractivity contribution < 1.29 is 14.0 Å². The van der Waals surface area contributed by atoms with Crippen molar-refractivity contribution in [3.8, 4) is 0 Å². The van der Waals surface area contributed by atoms with Crippen LogP contribution in [0, 0.1) is 11.2 Å². The molecule has 1 saturated heterocycles. The molecule has 0 unspecified atom stereocenters. The minimum Gasteiger partial charge on any atom is -0.339 e. The average Bonchev–Trinajstić information content (AvgIpc) is 3.09. The van der Waals surface area contributed by atoms with E-state index in [0.717, 1.165) is 31.0 Å². The Kier molecular flexibility index (Phi) is 4.72. The van der Waals surface area contributed by atoms with E-state index in [0.29, 0.717) is 19.6 Å². The van der Waals surface area contributed by atoms with Crippen molar-refractivity contribution in [2.75, 3.05) is 13.1 Å². The first kappa shape index (κ1) is 18.1. The Morgan fingerprint density at radius 3 is 2.78 bits per heavy atom. The van der Waals surface area contributed by atoms with Crippen molar-refractivity contribution in [2.24, 2.45) is 5.41 Å². The van der Waals surface area contributed by atoms with E-state index in [1.54, 1.807) is 23.2 Å². The van der Waals surface area contributed by atoms with Crippen LogP contribution in [0.25, 0.3) is 0 Å². The Bertz CT molecular complexity index is 847. The van der Waals surface area contributed by atoms with Crippen molar-refractivity contribution in [3.05, 3.63) is 52.2 Å². The summed E-state index contributed by atoms with van der Waals surface area (Å²) in [6.45, 7) is 3.47. The molecule has 2 aliphatic rings. The zero-order valence-corrected chi connectivity index (χ0v) is 16.0. The van der Waals surface area contributed by atoms with Crippen molar-refractivity contribution in [1.82, 2.24) is 14.8 Å². The minimum atomic E-state index is -0.578. The van der Waals surface area contributed by atoms with E-state index in [9.17, 15) is 14.0 Å². The second-order valence-electron chi connectivity index (χ2n) is 7.51. The van der Waals surface area contributed by atoms with Gasteiger partial charge in [-0.3, -0.25) is 14.6 Å². The third-order valence-electron chi connectivity index (χ3n) is 5.91. The molecule has 1 atom stereocenters. The number of carbonyl (C=O) groups is 2. The zero-order chi connectivity index (χ0) is 19.0. The maximum atomic E-state index is 13.8. The Balaban J connectivity index is 1.40. The Hall–Kier alpha value is -2.28. The van der Waals surface area contributed by atoms with Crippen LogP contribution in [-0.4, -0.2) is 45.7 Å². The smallest absolute Gasteiger partial charge is 0.256 e. The summed E-state index contributed by atoms with van der Waals surface area (Å²) in [4.78, 5) is 32.2. The van der Waals surface area contributed by atoms with Crippen LogP contribution in [0.2, 0.25) is 0 Å². The van der Waals surface area contributed by atoms with Crippen LogP contribution in [0.5, 0.6) is 0 Å². The van der Waals surface area contributed by atoms with Crippen LogP contribution in [0.3, 0.4) is 0 Å². The highest BCUT2D eigenvalue weighted by Gasteiger charge is 2.58. The molecule has 2 fully saturated rings. The van der Waals surface area contributed by atoms with Gasteiger partial charge in [0.1, 0.15) is 0 Å². The molecule has 142 valence electrons. The van der Waals surface area contributed by atoms with Crippen LogP contribution in [0.4, 0.5) is 4.39 Å². The number of likely N-dealkylation sites (tertiary alicyclic amines) is 1. The van der Waals surface area contributed by atoms with Gasteiger partial charge in [0.2, 0.25) is 5.91 Å². The monoisotopic (exact) mass is 387 g/mol. The van der Waals surface area contributed by atoms with Crippen LogP contribution in [-0.2, 0) is 11.3 Å². The lowest BCUT2D eigenvalue weighted by Gasteiger charge is -2.34. The van der Waals surface area contributed by atoms with Gasteiger partial charge in [-0.25, -0.2) is 4.39 Å². The fourth-order valence-electron chi connectivity index (χ4n) is 4.20. The van der Waals surface area contributed by atoms with Gasteiger partial charge in [0, 0.05) is 38.8 Å². The minimum absolute atomic E-state index is 0.0797. The Labute approximate surface area is 161 Å². The lowest BCUT2D eigenvalue weighted by atomic mass is 9.91. The summed E-state index contributed by atoms with van der Waals surface area (Å²) < 4.78 is 13.8. The molecule has 4 rings (SSSR count). The molecule has 0 aromatic carbocycles. The molecular weight excluding hydrogens is 365 g/mol. The second-order valence-corrected chi connectivity index (χ2v) is 8.29. The summed E-state index contributed by atoms with van der Waals surface area (Å²) in [5.74, 6) is -0.755. The molecule has 1 aliphatic heterocycles. The van der Waals surface area contributed by atoms with Gasteiger partial charge < -0.3 is 9.80 Å². The SMILES string of the molecule is CC(=O)N(Cc1ccsc1)[C@@H]1CC12CCN(C(=O)c1ccncc1F)CC2. The lowest BCUT2D eigenvalue weighted by molar-refractivity contribution is -0.130. The molecule has 7 heteroatoms. The molecule has 1 saturated carbocycles. The molecule has 3 heterocycles. The number of amides is 2. The van der Waals surface area contributed by atoms with Gasteiger partial charge in [-0.1, -0.05) is 0 Å². The van der Waals surface area contributed by atoms with Crippen LogP contribution >= 0.6 is 11.3 Å². The second kappa shape index (κ2) is 7.03. The first-order chi connectivity index (χ1) is 13.0. The number of hydrogen-bond donors (Lipinski definition) is 0. The maximum Gasteiger partial charge on any atom is 0.256 e. The zero-order valence-electron chi connectivity index (χ0n) is 15.2. The van der Waals surface area contributed by atoms with E-state index >= 15 is 0 Å². The molecule has 27 heavy (non-hydrogen) atoms.